The fraction of sp³-hybridized carbons (Fsp3) is 0.364. The summed E-state index contributed by atoms with van der Waals surface area (Å²) in [5, 5.41) is 2.58. The molecule has 0 saturated carbocycles. The maximum atomic E-state index is 14.7. The lowest BCUT2D eigenvalue weighted by atomic mass is 9.94. The number of amides is 1. The molecule has 11 heteroatoms. The van der Waals surface area contributed by atoms with Gasteiger partial charge >= 0.3 is 6.18 Å². The second kappa shape index (κ2) is 8.44. The predicted molar refractivity (Wildman–Crippen MR) is 116 cm³/mol. The van der Waals surface area contributed by atoms with Crippen molar-refractivity contribution in [3.05, 3.63) is 71.5 Å². The molecule has 176 valence electrons. The van der Waals surface area contributed by atoms with Crippen LogP contribution in [0.3, 0.4) is 0 Å². The van der Waals surface area contributed by atoms with Crippen LogP contribution in [0.1, 0.15) is 35.7 Å². The van der Waals surface area contributed by atoms with Crippen LogP contribution in [0.2, 0.25) is 0 Å². The van der Waals surface area contributed by atoms with Gasteiger partial charge in [0.1, 0.15) is 21.3 Å². The number of alkyl halides is 3. The Morgan fingerprint density at radius 1 is 1.15 bits per heavy atom. The summed E-state index contributed by atoms with van der Waals surface area (Å²) in [6.45, 7) is 1.43. The summed E-state index contributed by atoms with van der Waals surface area (Å²) in [6.07, 6.45) is -4.97. The van der Waals surface area contributed by atoms with Crippen molar-refractivity contribution in [2.45, 2.75) is 37.5 Å². The highest BCUT2D eigenvalue weighted by Gasteiger charge is 2.48. The first-order valence-electron chi connectivity index (χ1n) is 10.3. The number of nitrogens with one attached hydrogen (secondary N) is 1. The number of nitrogens with zero attached hydrogens (tertiary/aromatic N) is 3. The molecule has 2 aliphatic heterocycles. The minimum absolute atomic E-state index is 0.0430. The van der Waals surface area contributed by atoms with E-state index in [-0.39, 0.29) is 36.5 Å². The van der Waals surface area contributed by atoms with Gasteiger partial charge in [-0.05, 0) is 38.0 Å². The quantitative estimate of drug-likeness (QED) is 0.650. The highest BCUT2D eigenvalue weighted by atomic mass is 32.2. The van der Waals surface area contributed by atoms with Crippen molar-refractivity contribution in [1.82, 2.24) is 9.62 Å². The van der Waals surface area contributed by atoms with Gasteiger partial charge in [0.2, 0.25) is 5.96 Å². The third-order valence-corrected chi connectivity index (χ3v) is 8.19. The molecule has 1 amide bonds. The normalized spacial score (nSPS) is 27.6. The van der Waals surface area contributed by atoms with Gasteiger partial charge in [-0.15, -0.1) is 0 Å². The van der Waals surface area contributed by atoms with Crippen LogP contribution in [0.15, 0.2) is 64.0 Å². The highest BCUT2D eigenvalue weighted by Crippen LogP contribution is 2.38. The lowest BCUT2D eigenvalue weighted by molar-refractivity contribution is -0.147. The molecular weight excluding hydrogens is 460 g/mol. The summed E-state index contributed by atoms with van der Waals surface area (Å²) in [4.78, 5) is 17.3. The van der Waals surface area contributed by atoms with Crippen LogP contribution >= 0.6 is 0 Å². The number of carbonyl (C=O) groups is 1. The number of aliphatic imine (C=N–C) groups is 1. The molecule has 2 aliphatic rings. The molecule has 2 aromatic rings. The summed E-state index contributed by atoms with van der Waals surface area (Å²) in [6, 6.07) is 11.7. The van der Waals surface area contributed by atoms with Crippen molar-refractivity contribution >= 4 is 21.8 Å². The summed E-state index contributed by atoms with van der Waals surface area (Å²) >= 11 is 0. The maximum absolute atomic E-state index is 14.7. The van der Waals surface area contributed by atoms with Crippen LogP contribution in [0.4, 0.5) is 17.6 Å². The minimum Gasteiger partial charge on any atom is -0.292 e. The van der Waals surface area contributed by atoms with Crippen molar-refractivity contribution in [1.29, 1.82) is 0 Å². The van der Waals surface area contributed by atoms with Crippen LogP contribution in [-0.2, 0) is 15.5 Å². The Morgan fingerprint density at radius 2 is 1.82 bits per heavy atom. The molecular formula is C22H22F4N4O2S. The van der Waals surface area contributed by atoms with Crippen LogP contribution in [-0.4, -0.2) is 44.9 Å². The number of halogens is 4. The Labute approximate surface area is 189 Å². The second-order valence-electron chi connectivity index (χ2n) is 8.17. The fourth-order valence-corrected chi connectivity index (χ4v) is 6.73. The second-order valence-corrected chi connectivity index (χ2v) is 10.3. The fourth-order valence-electron chi connectivity index (χ4n) is 4.04. The number of carbonyl (C=O) groups excluding carboxylic acids is 1. The van der Waals surface area contributed by atoms with Gasteiger partial charge in [-0.3, -0.25) is 14.4 Å². The van der Waals surface area contributed by atoms with E-state index in [2.05, 4.69) is 14.7 Å². The first-order chi connectivity index (χ1) is 15.5. The van der Waals surface area contributed by atoms with Gasteiger partial charge in [0, 0.05) is 17.7 Å². The Bertz CT molecular complexity index is 1210. The molecule has 0 bridgehead atoms. The van der Waals surface area contributed by atoms with E-state index in [1.54, 1.807) is 36.4 Å². The van der Waals surface area contributed by atoms with Gasteiger partial charge in [-0.25, -0.2) is 18.0 Å². The first kappa shape index (κ1) is 23.2. The van der Waals surface area contributed by atoms with E-state index < -0.39 is 45.1 Å². The zero-order chi connectivity index (χ0) is 23.9. The molecule has 4 rings (SSSR count). The van der Waals surface area contributed by atoms with E-state index in [4.69, 9.17) is 0 Å². The first-order valence-corrected chi connectivity index (χ1v) is 12.0. The molecule has 6 nitrogen and oxygen atoms in total. The monoisotopic (exact) mass is 482 g/mol. The van der Waals surface area contributed by atoms with Crippen molar-refractivity contribution in [3.8, 4) is 0 Å². The minimum atomic E-state index is -4.67. The third kappa shape index (κ3) is 4.59. The van der Waals surface area contributed by atoms with E-state index in [1.165, 1.54) is 25.1 Å². The zero-order valence-corrected chi connectivity index (χ0v) is 18.5. The molecule has 0 aliphatic carbocycles. The summed E-state index contributed by atoms with van der Waals surface area (Å²) in [5.74, 6) is -1.85. The molecule has 0 fully saturated rings. The number of hydrogen-bond donors (Lipinski definition) is 1. The van der Waals surface area contributed by atoms with Crippen LogP contribution in [0.25, 0.3) is 0 Å². The molecule has 3 atom stereocenters. The van der Waals surface area contributed by atoms with E-state index in [0.717, 1.165) is 4.31 Å². The van der Waals surface area contributed by atoms with Gasteiger partial charge in [0.05, 0.1) is 5.75 Å². The SMILES string of the molecule is C[C@@]1(c2ccccc2F)CS2(=O)=NC(C(F)(F)F)CCCN2C(NC(=O)c2ccccc2)=N1. The summed E-state index contributed by atoms with van der Waals surface area (Å²) < 4.78 is 74.3. The van der Waals surface area contributed by atoms with E-state index in [0.29, 0.717) is 0 Å². The lowest BCUT2D eigenvalue weighted by Crippen LogP contribution is -2.55. The average Bonchev–Trinajstić information content (AvgIpc) is 2.93. The maximum Gasteiger partial charge on any atom is 0.411 e. The molecule has 0 aromatic heterocycles. The largest absolute Gasteiger partial charge is 0.411 e. The third-order valence-electron chi connectivity index (χ3n) is 5.63. The van der Waals surface area contributed by atoms with Gasteiger partial charge < -0.3 is 0 Å². The van der Waals surface area contributed by atoms with Gasteiger partial charge in [0.25, 0.3) is 5.91 Å². The highest BCUT2D eigenvalue weighted by molar-refractivity contribution is 7.92. The molecule has 0 radical (unpaired) electrons. The Morgan fingerprint density at radius 3 is 2.48 bits per heavy atom. The van der Waals surface area contributed by atoms with Gasteiger partial charge in [0.15, 0.2) is 6.04 Å². The van der Waals surface area contributed by atoms with E-state index in [1.807, 2.05) is 0 Å². The molecule has 0 spiro atoms. The summed E-state index contributed by atoms with van der Waals surface area (Å²) in [7, 11) is -3.72. The Hall–Kier alpha value is -2.95. The number of benzene rings is 2. The lowest BCUT2D eigenvalue weighted by Gasteiger charge is -2.39. The molecule has 0 saturated heterocycles. The van der Waals surface area contributed by atoms with E-state index in [9.17, 15) is 26.6 Å². The van der Waals surface area contributed by atoms with E-state index >= 15 is 0 Å². The smallest absolute Gasteiger partial charge is 0.292 e. The number of rotatable bonds is 2. The van der Waals surface area contributed by atoms with Gasteiger partial charge in [-0.1, -0.05) is 36.4 Å². The van der Waals surface area contributed by atoms with Crippen molar-refractivity contribution in [2.75, 3.05) is 12.3 Å². The van der Waals surface area contributed by atoms with Crippen molar-refractivity contribution in [2.24, 2.45) is 9.36 Å². The van der Waals surface area contributed by atoms with Crippen molar-refractivity contribution in [3.63, 3.8) is 0 Å². The Balaban J connectivity index is 1.85. The molecule has 2 aromatic carbocycles. The average molecular weight is 483 g/mol. The molecule has 2 unspecified atom stereocenters. The number of hydrogen-bond acceptors (Lipinski definition) is 4. The number of fused-ring (bicyclic) bond motifs is 1. The molecule has 1 N–H and O–H groups in total. The van der Waals surface area contributed by atoms with Crippen LogP contribution in [0, 0.1) is 5.82 Å². The standard InChI is InChI=1S/C22H22F4N4O2S/c1-21(16-10-5-6-11-17(16)23)14-33(32)29-18(22(24,25)26)12-7-13-30(33)20(28-21)27-19(31)15-8-3-2-4-9-15/h2-6,8-11,18H,7,12-14H2,1H3,(H,27,28,31)/t18?,21-,33?/m0/s1. The summed E-state index contributed by atoms with van der Waals surface area (Å²) in [5.41, 5.74) is -1.17. The zero-order valence-electron chi connectivity index (χ0n) is 17.7. The Kier molecular flexibility index (Phi) is 5.94. The van der Waals surface area contributed by atoms with Crippen LogP contribution < -0.4 is 5.32 Å². The number of guanidine groups is 1. The van der Waals surface area contributed by atoms with Crippen LogP contribution in [0.5, 0.6) is 0 Å². The van der Waals surface area contributed by atoms with Crippen molar-refractivity contribution < 1.29 is 26.6 Å². The molecule has 33 heavy (non-hydrogen) atoms. The van der Waals surface area contributed by atoms with Gasteiger partial charge in [-0.2, -0.15) is 13.2 Å². The molecule has 2 heterocycles. The topological polar surface area (TPSA) is 74.1 Å². The predicted octanol–water partition coefficient (Wildman–Crippen LogP) is 4.25.